The van der Waals surface area contributed by atoms with Gasteiger partial charge in [0.05, 0.1) is 22.7 Å². The van der Waals surface area contributed by atoms with Crippen molar-refractivity contribution in [2.75, 3.05) is 11.6 Å². The van der Waals surface area contributed by atoms with Crippen LogP contribution in [0.15, 0.2) is 47.4 Å². The molecule has 1 aliphatic heterocycles. The molecule has 1 aromatic heterocycles. The van der Waals surface area contributed by atoms with Crippen molar-refractivity contribution in [2.45, 2.75) is 11.3 Å². The van der Waals surface area contributed by atoms with Crippen LogP contribution in [0, 0.1) is 0 Å². The summed E-state index contributed by atoms with van der Waals surface area (Å²) in [5, 5.41) is 3.66. The fourth-order valence-electron chi connectivity index (χ4n) is 3.04. The van der Waals surface area contributed by atoms with Gasteiger partial charge in [0.15, 0.2) is 9.84 Å². The van der Waals surface area contributed by atoms with Gasteiger partial charge >= 0.3 is 0 Å². The molecule has 1 aliphatic rings. The average Bonchev–Trinajstić information content (AvgIpc) is 2.77. The smallest absolute Gasteiger partial charge is 0.228 e. The van der Waals surface area contributed by atoms with Gasteiger partial charge in [-0.15, -0.1) is 0 Å². The number of rotatable bonds is 1. The SMILES string of the molecule is CS(=O)(=O)c1ccc2[nH]c3c(c2c1)CC(=O)Nc1ccccc1-3. The number of aromatic nitrogens is 1. The Labute approximate surface area is 133 Å². The van der Waals surface area contributed by atoms with Crippen LogP contribution in [-0.4, -0.2) is 25.6 Å². The third kappa shape index (κ3) is 2.22. The Kier molecular flexibility index (Phi) is 2.86. The molecule has 0 spiro atoms. The second-order valence-corrected chi connectivity index (χ2v) is 7.74. The number of carbonyl (C=O) groups is 1. The van der Waals surface area contributed by atoms with E-state index >= 15 is 0 Å². The summed E-state index contributed by atoms with van der Waals surface area (Å²) in [6, 6.07) is 12.5. The van der Waals surface area contributed by atoms with Crippen molar-refractivity contribution in [1.29, 1.82) is 0 Å². The Morgan fingerprint density at radius 3 is 2.65 bits per heavy atom. The van der Waals surface area contributed by atoms with Crippen molar-refractivity contribution in [3.8, 4) is 11.3 Å². The number of H-pyrrole nitrogens is 1. The van der Waals surface area contributed by atoms with Crippen LogP contribution < -0.4 is 5.32 Å². The van der Waals surface area contributed by atoms with Crippen LogP contribution in [0.25, 0.3) is 22.2 Å². The van der Waals surface area contributed by atoms with Crippen LogP contribution in [0.5, 0.6) is 0 Å². The summed E-state index contributed by atoms with van der Waals surface area (Å²) in [5.41, 5.74) is 4.18. The van der Waals surface area contributed by atoms with Gasteiger partial charge in [0.2, 0.25) is 5.91 Å². The maximum atomic E-state index is 12.2. The second-order valence-electron chi connectivity index (χ2n) is 5.73. The highest BCUT2D eigenvalue weighted by Gasteiger charge is 2.23. The van der Waals surface area contributed by atoms with Crippen molar-refractivity contribution in [2.24, 2.45) is 0 Å². The number of hydrogen-bond donors (Lipinski definition) is 2. The van der Waals surface area contributed by atoms with Gasteiger partial charge in [-0.2, -0.15) is 0 Å². The van der Waals surface area contributed by atoms with E-state index < -0.39 is 9.84 Å². The number of fused-ring (bicyclic) bond motifs is 5. The minimum Gasteiger partial charge on any atom is -0.354 e. The van der Waals surface area contributed by atoms with E-state index in [0.717, 1.165) is 33.4 Å². The number of para-hydroxylation sites is 1. The lowest BCUT2D eigenvalue weighted by Gasteiger charge is -2.05. The third-order valence-electron chi connectivity index (χ3n) is 4.11. The van der Waals surface area contributed by atoms with E-state index in [-0.39, 0.29) is 17.2 Å². The van der Waals surface area contributed by atoms with Crippen molar-refractivity contribution >= 4 is 32.3 Å². The predicted molar refractivity (Wildman–Crippen MR) is 89.2 cm³/mol. The molecule has 2 N–H and O–H groups in total. The first kappa shape index (κ1) is 14.0. The lowest BCUT2D eigenvalue weighted by molar-refractivity contribution is -0.115. The number of aromatic amines is 1. The van der Waals surface area contributed by atoms with E-state index in [9.17, 15) is 13.2 Å². The van der Waals surface area contributed by atoms with Crippen LogP contribution in [-0.2, 0) is 21.1 Å². The standard InChI is InChI=1S/C17H14N2O3S/c1-23(21,22)10-6-7-15-12(8-10)13-9-16(20)18-14-5-3-2-4-11(14)17(13)19-15/h2-8,19H,9H2,1H3,(H,18,20). The summed E-state index contributed by atoms with van der Waals surface area (Å²) in [4.78, 5) is 15.8. The molecular weight excluding hydrogens is 312 g/mol. The molecule has 1 amide bonds. The topological polar surface area (TPSA) is 79.0 Å². The van der Waals surface area contributed by atoms with E-state index in [4.69, 9.17) is 0 Å². The van der Waals surface area contributed by atoms with Crippen molar-refractivity contribution in [3.05, 3.63) is 48.0 Å². The highest BCUT2D eigenvalue weighted by molar-refractivity contribution is 7.90. The number of nitrogens with one attached hydrogen (secondary N) is 2. The van der Waals surface area contributed by atoms with Crippen molar-refractivity contribution in [3.63, 3.8) is 0 Å². The number of sulfone groups is 1. The van der Waals surface area contributed by atoms with Crippen LogP contribution >= 0.6 is 0 Å². The quantitative estimate of drug-likeness (QED) is 0.721. The van der Waals surface area contributed by atoms with E-state index in [1.165, 1.54) is 6.26 Å². The van der Waals surface area contributed by atoms with Gasteiger partial charge in [-0.1, -0.05) is 18.2 Å². The van der Waals surface area contributed by atoms with Crippen LogP contribution in [0.3, 0.4) is 0 Å². The third-order valence-corrected chi connectivity index (χ3v) is 5.22. The molecule has 6 heteroatoms. The zero-order valence-electron chi connectivity index (χ0n) is 12.4. The molecule has 0 saturated carbocycles. The maximum absolute atomic E-state index is 12.2. The summed E-state index contributed by atoms with van der Waals surface area (Å²) in [6.07, 6.45) is 1.39. The molecule has 2 heterocycles. The fraction of sp³-hybridized carbons (Fsp3) is 0.118. The molecular formula is C17H14N2O3S. The minimum atomic E-state index is -3.30. The number of anilines is 1. The van der Waals surface area contributed by atoms with E-state index in [0.29, 0.717) is 0 Å². The Bertz CT molecular complexity index is 1060. The molecule has 0 bridgehead atoms. The van der Waals surface area contributed by atoms with Gasteiger partial charge in [-0.3, -0.25) is 4.79 Å². The molecule has 23 heavy (non-hydrogen) atoms. The second kappa shape index (κ2) is 4.70. The molecule has 2 aromatic carbocycles. The monoisotopic (exact) mass is 326 g/mol. The fourth-order valence-corrected chi connectivity index (χ4v) is 3.68. The van der Waals surface area contributed by atoms with Crippen molar-refractivity contribution in [1.82, 2.24) is 4.98 Å². The van der Waals surface area contributed by atoms with E-state index in [2.05, 4.69) is 10.3 Å². The maximum Gasteiger partial charge on any atom is 0.228 e. The van der Waals surface area contributed by atoms with E-state index in [1.54, 1.807) is 18.2 Å². The van der Waals surface area contributed by atoms with E-state index in [1.807, 2.05) is 24.3 Å². The van der Waals surface area contributed by atoms with Gasteiger partial charge in [0, 0.05) is 22.7 Å². The normalized spacial score (nSPS) is 14.0. The van der Waals surface area contributed by atoms with Gasteiger partial charge in [-0.05, 0) is 29.8 Å². The summed E-state index contributed by atoms with van der Waals surface area (Å²) in [7, 11) is -3.30. The number of amides is 1. The highest BCUT2D eigenvalue weighted by Crippen LogP contribution is 2.37. The zero-order valence-corrected chi connectivity index (χ0v) is 13.2. The van der Waals surface area contributed by atoms with Crippen LogP contribution in [0.1, 0.15) is 5.56 Å². The Balaban J connectivity index is 2.06. The summed E-state index contributed by atoms with van der Waals surface area (Å²) in [6.45, 7) is 0. The average molecular weight is 326 g/mol. The van der Waals surface area contributed by atoms with Crippen LogP contribution in [0.2, 0.25) is 0 Å². The van der Waals surface area contributed by atoms with Crippen LogP contribution in [0.4, 0.5) is 5.69 Å². The first-order chi connectivity index (χ1) is 10.9. The summed E-state index contributed by atoms with van der Waals surface area (Å²) in [5.74, 6) is -0.109. The molecule has 0 aliphatic carbocycles. The number of benzene rings is 2. The first-order valence-corrected chi connectivity index (χ1v) is 9.06. The molecule has 0 saturated heterocycles. The first-order valence-electron chi connectivity index (χ1n) is 7.17. The lowest BCUT2D eigenvalue weighted by Crippen LogP contribution is -2.12. The molecule has 0 fully saturated rings. The Morgan fingerprint density at radius 2 is 1.87 bits per heavy atom. The van der Waals surface area contributed by atoms with Gasteiger partial charge < -0.3 is 10.3 Å². The molecule has 0 atom stereocenters. The number of hydrogen-bond acceptors (Lipinski definition) is 3. The predicted octanol–water partition coefficient (Wildman–Crippen LogP) is 2.73. The molecule has 5 nitrogen and oxygen atoms in total. The summed E-state index contributed by atoms with van der Waals surface area (Å²) >= 11 is 0. The molecule has 3 aromatic rings. The molecule has 0 unspecified atom stereocenters. The molecule has 116 valence electrons. The molecule has 0 radical (unpaired) electrons. The Morgan fingerprint density at radius 1 is 1.09 bits per heavy atom. The van der Waals surface area contributed by atoms with Gasteiger partial charge in [0.1, 0.15) is 0 Å². The van der Waals surface area contributed by atoms with Gasteiger partial charge in [0.25, 0.3) is 0 Å². The summed E-state index contributed by atoms with van der Waals surface area (Å²) < 4.78 is 23.6. The molecule has 4 rings (SSSR count). The largest absolute Gasteiger partial charge is 0.354 e. The Hall–Kier alpha value is -2.60. The van der Waals surface area contributed by atoms with Crippen molar-refractivity contribution < 1.29 is 13.2 Å². The van der Waals surface area contributed by atoms with Gasteiger partial charge in [-0.25, -0.2) is 8.42 Å². The zero-order chi connectivity index (χ0) is 16.2. The lowest BCUT2D eigenvalue weighted by atomic mass is 10.0. The highest BCUT2D eigenvalue weighted by atomic mass is 32.2. The minimum absolute atomic E-state index is 0.109. The number of carbonyl (C=O) groups excluding carboxylic acids is 1.